The lowest BCUT2D eigenvalue weighted by atomic mass is 9.99. The van der Waals surface area contributed by atoms with Crippen molar-refractivity contribution in [3.05, 3.63) is 5.21 Å². The molecule has 0 amide bonds. The first kappa shape index (κ1) is 21.7. The van der Waals surface area contributed by atoms with Crippen molar-refractivity contribution < 1.29 is 34.0 Å². The van der Waals surface area contributed by atoms with Crippen molar-refractivity contribution in [2.24, 2.45) is 11.2 Å². The summed E-state index contributed by atoms with van der Waals surface area (Å²) in [6.07, 6.45) is -1.59. The van der Waals surface area contributed by atoms with E-state index >= 15 is 0 Å². The highest BCUT2D eigenvalue weighted by Gasteiger charge is 2.33. The van der Waals surface area contributed by atoms with Crippen LogP contribution in [0.2, 0.25) is 0 Å². The molecule has 0 radical (unpaired) electrons. The number of carboxylic acids is 1. The molecule has 0 aromatic heterocycles. The molecule has 0 aromatic rings. The van der Waals surface area contributed by atoms with Crippen LogP contribution in [0.4, 0.5) is 4.79 Å². The standard InChI is InChI=1S/C14H27N3O7/c1-8-9(2)11(12(18)19)16(7)17(21)15-24-10(3)22-13(20)23-14(4,5)6/h9-11H,8H2,1-7H3,(H,18,19)/b17-15-/t9-,10?,11+/m1/s1. The fourth-order valence-electron chi connectivity index (χ4n) is 1.70. The van der Waals surface area contributed by atoms with E-state index in [4.69, 9.17) is 14.3 Å². The highest BCUT2D eigenvalue weighted by molar-refractivity contribution is 5.73. The summed E-state index contributed by atoms with van der Waals surface area (Å²) in [7, 11) is 1.28. The highest BCUT2D eigenvalue weighted by atomic mass is 16.8. The van der Waals surface area contributed by atoms with Crippen LogP contribution in [0.25, 0.3) is 0 Å². The molecule has 3 atom stereocenters. The molecule has 0 saturated heterocycles. The fourth-order valence-corrected chi connectivity index (χ4v) is 1.70. The first-order valence-electron chi connectivity index (χ1n) is 7.58. The Morgan fingerprint density at radius 1 is 1.33 bits per heavy atom. The summed E-state index contributed by atoms with van der Waals surface area (Å²) in [6.45, 7) is 9.86. The van der Waals surface area contributed by atoms with Crippen LogP contribution in [-0.4, -0.2) is 52.2 Å². The second-order valence-corrected chi connectivity index (χ2v) is 6.33. The van der Waals surface area contributed by atoms with E-state index in [1.54, 1.807) is 27.7 Å². The van der Waals surface area contributed by atoms with Gasteiger partial charge < -0.3 is 19.8 Å². The van der Waals surface area contributed by atoms with Gasteiger partial charge >= 0.3 is 12.1 Å². The minimum absolute atomic E-state index is 0.000101. The van der Waals surface area contributed by atoms with E-state index in [9.17, 15) is 19.9 Å². The smallest absolute Gasteiger partial charge is 0.511 e. The highest BCUT2D eigenvalue weighted by Crippen LogP contribution is 2.14. The Hall–Kier alpha value is -2.26. The summed E-state index contributed by atoms with van der Waals surface area (Å²) in [6, 6.07) is -1.07. The number of hydrogen-bond acceptors (Lipinski definition) is 7. The Labute approximate surface area is 141 Å². The van der Waals surface area contributed by atoms with E-state index in [0.717, 1.165) is 5.01 Å². The maximum Gasteiger partial charge on any atom is 0.511 e. The van der Waals surface area contributed by atoms with Gasteiger partial charge in [0.1, 0.15) is 5.60 Å². The molecule has 0 spiro atoms. The monoisotopic (exact) mass is 349 g/mol. The number of hydrazine groups is 1. The van der Waals surface area contributed by atoms with Gasteiger partial charge in [-0.3, -0.25) is 4.84 Å². The molecule has 24 heavy (non-hydrogen) atoms. The summed E-state index contributed by atoms with van der Waals surface area (Å²) in [5.41, 5.74) is -0.732. The average molecular weight is 349 g/mol. The zero-order chi connectivity index (χ0) is 19.1. The molecule has 0 bridgehead atoms. The minimum Gasteiger partial charge on any atom is -0.569 e. The minimum atomic E-state index is -1.18. The molecule has 0 aliphatic carbocycles. The van der Waals surface area contributed by atoms with Crippen molar-refractivity contribution in [1.29, 1.82) is 0 Å². The quantitative estimate of drug-likeness (QED) is 0.233. The van der Waals surface area contributed by atoms with E-state index in [-0.39, 0.29) is 10.9 Å². The Kier molecular flexibility index (Phi) is 8.28. The summed E-state index contributed by atoms with van der Waals surface area (Å²) < 4.78 is 9.67. The van der Waals surface area contributed by atoms with Gasteiger partial charge in [-0.2, -0.15) is 0 Å². The van der Waals surface area contributed by atoms with Crippen molar-refractivity contribution in [1.82, 2.24) is 5.01 Å². The van der Waals surface area contributed by atoms with E-state index in [1.807, 2.05) is 6.92 Å². The number of hydrogen-bond donors (Lipinski definition) is 1. The maximum atomic E-state index is 11.8. The van der Waals surface area contributed by atoms with Gasteiger partial charge in [0.2, 0.25) is 5.28 Å². The van der Waals surface area contributed by atoms with Crippen molar-refractivity contribution in [3.63, 3.8) is 0 Å². The van der Waals surface area contributed by atoms with Gasteiger partial charge in [-0.15, -0.1) is 5.01 Å². The van der Waals surface area contributed by atoms with Crippen LogP contribution in [0.15, 0.2) is 5.28 Å². The van der Waals surface area contributed by atoms with Crippen LogP contribution in [0.3, 0.4) is 0 Å². The van der Waals surface area contributed by atoms with E-state index in [1.165, 1.54) is 14.0 Å². The van der Waals surface area contributed by atoms with Crippen molar-refractivity contribution in [3.8, 4) is 0 Å². The third-order valence-corrected chi connectivity index (χ3v) is 3.03. The Morgan fingerprint density at radius 3 is 2.29 bits per heavy atom. The number of likely N-dealkylation sites (N-methyl/N-ethyl adjacent to an activating group) is 1. The lowest BCUT2D eigenvalue weighted by molar-refractivity contribution is -0.713. The van der Waals surface area contributed by atoms with Crippen LogP contribution in [0.5, 0.6) is 0 Å². The molecule has 1 unspecified atom stereocenters. The molecule has 0 fully saturated rings. The lowest BCUT2D eigenvalue weighted by Gasteiger charge is -2.24. The maximum absolute atomic E-state index is 11.8. The number of nitrogens with zero attached hydrogens (tertiary/aromatic N) is 3. The first-order chi connectivity index (χ1) is 10.9. The molecule has 0 saturated carbocycles. The molecule has 10 heteroatoms. The van der Waals surface area contributed by atoms with Crippen LogP contribution in [0, 0.1) is 11.1 Å². The Morgan fingerprint density at radius 2 is 1.88 bits per heavy atom. The number of carbonyl (C=O) groups is 2. The summed E-state index contributed by atoms with van der Waals surface area (Å²) in [5, 5.41) is 25.2. The second kappa shape index (κ2) is 9.14. The van der Waals surface area contributed by atoms with E-state index < -0.39 is 30.1 Å². The van der Waals surface area contributed by atoms with Crippen molar-refractivity contribution in [2.75, 3.05) is 7.05 Å². The number of ether oxygens (including phenoxy) is 2. The number of carbonyl (C=O) groups excluding carboxylic acids is 1. The fraction of sp³-hybridized carbons (Fsp3) is 0.857. The molecule has 10 nitrogen and oxygen atoms in total. The second-order valence-electron chi connectivity index (χ2n) is 6.33. The molecule has 140 valence electrons. The van der Waals surface area contributed by atoms with Crippen molar-refractivity contribution >= 4 is 12.1 Å². The topological polar surface area (TPSA) is 124 Å². The lowest BCUT2D eigenvalue weighted by Crippen LogP contribution is -2.46. The van der Waals surface area contributed by atoms with Gasteiger partial charge in [-0.25, -0.2) is 9.59 Å². The molecule has 0 aliphatic rings. The normalized spacial score (nSPS) is 15.9. The third kappa shape index (κ3) is 7.84. The summed E-state index contributed by atoms with van der Waals surface area (Å²) in [5.74, 6) is -1.43. The molecular formula is C14H27N3O7. The zero-order valence-corrected chi connectivity index (χ0v) is 15.2. The summed E-state index contributed by atoms with van der Waals surface area (Å²) >= 11 is 0. The Bertz CT molecular complexity index is 462. The molecule has 0 rings (SSSR count). The molecule has 1 N–H and O–H groups in total. The van der Waals surface area contributed by atoms with Gasteiger partial charge in [0, 0.05) is 6.92 Å². The van der Waals surface area contributed by atoms with Gasteiger partial charge in [-0.1, -0.05) is 20.3 Å². The number of rotatable bonds is 8. The summed E-state index contributed by atoms with van der Waals surface area (Å²) in [4.78, 5) is 27.4. The Balaban J connectivity index is 4.72. The zero-order valence-electron chi connectivity index (χ0n) is 15.2. The molecular weight excluding hydrogens is 322 g/mol. The third-order valence-electron chi connectivity index (χ3n) is 3.03. The molecule has 0 heterocycles. The van der Waals surface area contributed by atoms with Crippen molar-refractivity contribution in [2.45, 2.75) is 65.9 Å². The van der Waals surface area contributed by atoms with Gasteiger partial charge in [0.25, 0.3) is 6.29 Å². The predicted molar refractivity (Wildman–Crippen MR) is 82.6 cm³/mol. The van der Waals surface area contributed by atoms with Crippen LogP contribution in [-0.2, 0) is 19.1 Å². The first-order valence-corrected chi connectivity index (χ1v) is 7.58. The van der Waals surface area contributed by atoms with Gasteiger partial charge in [-0.05, 0) is 26.7 Å². The number of carboxylic acid groups (broad SMARTS) is 1. The molecule has 0 aliphatic heterocycles. The SMILES string of the molecule is CC[C@@H](C)[C@@H](C(=O)O)N(C)/[N+]([O-])=N/OC(C)OC(=O)OC(C)(C)C. The van der Waals surface area contributed by atoms with Crippen LogP contribution < -0.4 is 0 Å². The van der Waals surface area contributed by atoms with E-state index in [2.05, 4.69) is 5.28 Å². The predicted octanol–water partition coefficient (Wildman–Crippen LogP) is 2.52. The number of aliphatic carboxylic acids is 1. The average Bonchev–Trinajstić information content (AvgIpc) is 2.41. The van der Waals surface area contributed by atoms with Crippen LogP contribution in [0.1, 0.15) is 48.0 Å². The van der Waals surface area contributed by atoms with Crippen LogP contribution >= 0.6 is 0 Å². The molecule has 0 aromatic carbocycles. The van der Waals surface area contributed by atoms with E-state index in [0.29, 0.717) is 6.42 Å². The van der Waals surface area contributed by atoms with Gasteiger partial charge in [0.05, 0.1) is 12.0 Å². The largest absolute Gasteiger partial charge is 0.569 e. The van der Waals surface area contributed by atoms with Gasteiger partial charge in [0.15, 0.2) is 6.04 Å².